The van der Waals surface area contributed by atoms with Crippen LogP contribution in [0, 0.1) is 0 Å². The van der Waals surface area contributed by atoms with Crippen LogP contribution in [0.3, 0.4) is 0 Å². The summed E-state index contributed by atoms with van der Waals surface area (Å²) in [7, 11) is 0. The summed E-state index contributed by atoms with van der Waals surface area (Å²) in [6.07, 6.45) is 4.44. The smallest absolute Gasteiger partial charge is 0.255 e. The summed E-state index contributed by atoms with van der Waals surface area (Å²) in [5, 5.41) is 0. The van der Waals surface area contributed by atoms with Crippen LogP contribution in [0.25, 0.3) is 0 Å². The van der Waals surface area contributed by atoms with Crippen molar-refractivity contribution in [1.82, 2.24) is 9.88 Å². The number of rotatable bonds is 5. The van der Waals surface area contributed by atoms with Gasteiger partial charge in [0.25, 0.3) is 5.91 Å². The maximum absolute atomic E-state index is 13.2. The summed E-state index contributed by atoms with van der Waals surface area (Å²) in [6, 6.07) is 21.1. The van der Waals surface area contributed by atoms with E-state index in [0.717, 1.165) is 25.2 Å². The molecule has 148 valence electrons. The first kappa shape index (κ1) is 19.2. The highest BCUT2D eigenvalue weighted by atomic mass is 16.2. The fraction of sp³-hybridized carbons (Fsp3) is 0.280. The molecule has 0 N–H and O–H groups in total. The number of carbonyl (C=O) groups is 1. The van der Waals surface area contributed by atoms with Gasteiger partial charge in [0, 0.05) is 31.9 Å². The van der Waals surface area contributed by atoms with Crippen LogP contribution < -0.4 is 4.90 Å². The normalized spacial score (nSPS) is 13.3. The molecule has 0 radical (unpaired) electrons. The highest BCUT2D eigenvalue weighted by Gasteiger charge is 2.23. The topological polar surface area (TPSA) is 36.4 Å². The Morgan fingerprint density at radius 2 is 1.76 bits per heavy atom. The molecule has 0 bridgehead atoms. The lowest BCUT2D eigenvalue weighted by Gasteiger charge is -2.31. The van der Waals surface area contributed by atoms with E-state index in [2.05, 4.69) is 66.2 Å². The van der Waals surface area contributed by atoms with E-state index in [1.807, 2.05) is 29.3 Å². The quantitative estimate of drug-likeness (QED) is 0.639. The molecule has 0 fully saturated rings. The zero-order valence-electron chi connectivity index (χ0n) is 17.1. The summed E-state index contributed by atoms with van der Waals surface area (Å²) < 4.78 is 0. The molecule has 2 aromatic carbocycles. The standard InChI is InChI=1S/C25H27N3O/c1-19(2)28(17-20-8-4-3-5-9-20)24-14-23(15-26-16-24)25(29)27-13-12-21-10-6-7-11-22(21)18-27/h3-11,14-16,19H,12-13,17-18H2,1-2H3. The van der Waals surface area contributed by atoms with Gasteiger partial charge in [0.2, 0.25) is 0 Å². The molecule has 29 heavy (non-hydrogen) atoms. The predicted octanol–water partition coefficient (Wildman–Crippen LogP) is 4.70. The Bertz CT molecular complexity index is 984. The molecular formula is C25H27N3O. The lowest BCUT2D eigenvalue weighted by molar-refractivity contribution is 0.0734. The first-order valence-corrected chi connectivity index (χ1v) is 10.2. The van der Waals surface area contributed by atoms with Crippen molar-refractivity contribution in [3.63, 3.8) is 0 Å². The number of fused-ring (bicyclic) bond motifs is 1. The van der Waals surface area contributed by atoms with Gasteiger partial charge in [-0.25, -0.2) is 0 Å². The third kappa shape index (κ3) is 4.32. The number of anilines is 1. The fourth-order valence-corrected chi connectivity index (χ4v) is 3.91. The molecule has 0 saturated heterocycles. The molecule has 1 amide bonds. The van der Waals surface area contributed by atoms with Gasteiger partial charge in [0.15, 0.2) is 0 Å². The highest BCUT2D eigenvalue weighted by Crippen LogP contribution is 2.24. The van der Waals surface area contributed by atoms with E-state index in [1.165, 1.54) is 16.7 Å². The van der Waals surface area contributed by atoms with E-state index in [-0.39, 0.29) is 5.91 Å². The molecule has 2 heterocycles. The van der Waals surface area contributed by atoms with E-state index in [0.29, 0.717) is 18.2 Å². The van der Waals surface area contributed by atoms with Crippen molar-refractivity contribution in [2.24, 2.45) is 0 Å². The van der Waals surface area contributed by atoms with Crippen molar-refractivity contribution >= 4 is 11.6 Å². The van der Waals surface area contributed by atoms with Crippen LogP contribution in [0.5, 0.6) is 0 Å². The van der Waals surface area contributed by atoms with E-state index in [1.54, 1.807) is 6.20 Å². The van der Waals surface area contributed by atoms with Crippen molar-refractivity contribution in [1.29, 1.82) is 0 Å². The summed E-state index contributed by atoms with van der Waals surface area (Å²) in [6.45, 7) is 6.53. The summed E-state index contributed by atoms with van der Waals surface area (Å²) in [4.78, 5) is 21.8. The Labute approximate surface area is 172 Å². The zero-order chi connectivity index (χ0) is 20.2. The number of hydrogen-bond donors (Lipinski definition) is 0. The minimum absolute atomic E-state index is 0.0530. The van der Waals surface area contributed by atoms with Crippen molar-refractivity contribution in [2.75, 3.05) is 11.4 Å². The van der Waals surface area contributed by atoms with Gasteiger partial charge in [-0.3, -0.25) is 9.78 Å². The number of amides is 1. The lowest BCUT2D eigenvalue weighted by Crippen LogP contribution is -2.36. The molecule has 1 aromatic heterocycles. The fourth-order valence-electron chi connectivity index (χ4n) is 3.91. The average molecular weight is 386 g/mol. The minimum atomic E-state index is 0.0530. The molecule has 1 aliphatic heterocycles. The lowest BCUT2D eigenvalue weighted by atomic mass is 9.99. The van der Waals surface area contributed by atoms with Gasteiger partial charge >= 0.3 is 0 Å². The molecule has 3 aromatic rings. The Balaban J connectivity index is 1.55. The van der Waals surface area contributed by atoms with Crippen LogP contribution in [0.4, 0.5) is 5.69 Å². The van der Waals surface area contributed by atoms with Gasteiger partial charge in [0.1, 0.15) is 0 Å². The molecule has 0 atom stereocenters. The Hall–Kier alpha value is -3.14. The van der Waals surface area contributed by atoms with Crippen LogP contribution in [-0.4, -0.2) is 28.4 Å². The Kier molecular flexibility index (Phi) is 5.61. The summed E-state index contributed by atoms with van der Waals surface area (Å²) in [5.74, 6) is 0.0530. The number of benzene rings is 2. The van der Waals surface area contributed by atoms with Gasteiger partial charge in [-0.15, -0.1) is 0 Å². The second kappa shape index (κ2) is 8.48. The molecule has 0 unspecified atom stereocenters. The number of aromatic nitrogens is 1. The molecule has 0 saturated carbocycles. The Morgan fingerprint density at radius 3 is 2.52 bits per heavy atom. The van der Waals surface area contributed by atoms with Crippen molar-refractivity contribution in [3.8, 4) is 0 Å². The van der Waals surface area contributed by atoms with Crippen molar-refractivity contribution in [2.45, 2.75) is 39.4 Å². The number of carbonyl (C=O) groups excluding carboxylic acids is 1. The maximum Gasteiger partial charge on any atom is 0.255 e. The largest absolute Gasteiger partial charge is 0.364 e. The van der Waals surface area contributed by atoms with Crippen LogP contribution in [-0.2, 0) is 19.5 Å². The average Bonchev–Trinajstić information content (AvgIpc) is 2.77. The van der Waals surface area contributed by atoms with Gasteiger partial charge in [-0.05, 0) is 43.0 Å². The van der Waals surface area contributed by atoms with E-state index < -0.39 is 0 Å². The summed E-state index contributed by atoms with van der Waals surface area (Å²) >= 11 is 0. The third-order valence-electron chi connectivity index (χ3n) is 5.54. The molecule has 4 rings (SSSR count). The zero-order valence-corrected chi connectivity index (χ0v) is 17.1. The monoisotopic (exact) mass is 385 g/mol. The molecular weight excluding hydrogens is 358 g/mol. The molecule has 1 aliphatic rings. The van der Waals surface area contributed by atoms with Crippen LogP contribution in [0.1, 0.15) is 40.9 Å². The van der Waals surface area contributed by atoms with Crippen molar-refractivity contribution < 1.29 is 4.79 Å². The van der Waals surface area contributed by atoms with Gasteiger partial charge < -0.3 is 9.80 Å². The van der Waals surface area contributed by atoms with Crippen LogP contribution >= 0.6 is 0 Å². The highest BCUT2D eigenvalue weighted by molar-refractivity contribution is 5.95. The first-order chi connectivity index (χ1) is 14.1. The maximum atomic E-state index is 13.2. The molecule has 4 heteroatoms. The summed E-state index contributed by atoms with van der Waals surface area (Å²) in [5.41, 5.74) is 5.46. The number of hydrogen-bond acceptors (Lipinski definition) is 3. The van der Waals surface area contributed by atoms with Gasteiger partial charge in [-0.2, -0.15) is 0 Å². The molecule has 0 aliphatic carbocycles. The second-order valence-electron chi connectivity index (χ2n) is 7.88. The Morgan fingerprint density at radius 1 is 1.03 bits per heavy atom. The second-order valence-corrected chi connectivity index (χ2v) is 7.88. The van der Waals surface area contributed by atoms with Crippen molar-refractivity contribution in [3.05, 3.63) is 95.3 Å². The first-order valence-electron chi connectivity index (χ1n) is 10.2. The third-order valence-corrected chi connectivity index (χ3v) is 5.54. The molecule has 0 spiro atoms. The predicted molar refractivity (Wildman–Crippen MR) is 117 cm³/mol. The molecule has 4 nitrogen and oxygen atoms in total. The van der Waals surface area contributed by atoms with Crippen LogP contribution in [0.15, 0.2) is 73.1 Å². The van der Waals surface area contributed by atoms with Gasteiger partial charge in [0.05, 0.1) is 17.4 Å². The van der Waals surface area contributed by atoms with Crippen LogP contribution in [0.2, 0.25) is 0 Å². The van der Waals surface area contributed by atoms with E-state index >= 15 is 0 Å². The van der Waals surface area contributed by atoms with E-state index in [9.17, 15) is 4.79 Å². The number of pyridine rings is 1. The SMILES string of the molecule is CC(C)N(Cc1ccccc1)c1cncc(C(=O)N2CCc3ccccc3C2)c1. The minimum Gasteiger partial charge on any atom is -0.364 e. The van der Waals surface area contributed by atoms with Gasteiger partial charge in [-0.1, -0.05) is 54.6 Å². The number of nitrogens with zero attached hydrogens (tertiary/aromatic N) is 3. The van der Waals surface area contributed by atoms with E-state index in [4.69, 9.17) is 0 Å².